The van der Waals surface area contributed by atoms with E-state index in [0.29, 0.717) is 17.1 Å². The Morgan fingerprint density at radius 3 is 2.76 bits per heavy atom. The second-order valence-electron chi connectivity index (χ2n) is 4.59. The highest BCUT2D eigenvalue weighted by Gasteiger charge is 2.07. The Kier molecular flexibility index (Phi) is 6.09. The molecule has 1 atom stereocenters. The number of rotatable bonds is 6. The number of nitrogens with one attached hydrogen (secondary N) is 1. The third-order valence-corrected chi connectivity index (χ3v) is 3.57. The molecule has 1 N–H and O–H groups in total. The van der Waals surface area contributed by atoms with Gasteiger partial charge in [0.1, 0.15) is 5.82 Å². The van der Waals surface area contributed by atoms with Crippen LogP contribution in [0.2, 0.25) is 0 Å². The predicted molar refractivity (Wildman–Crippen MR) is 73.6 cm³/mol. The van der Waals surface area contributed by atoms with Crippen molar-refractivity contribution in [2.45, 2.75) is 25.9 Å². The van der Waals surface area contributed by atoms with E-state index in [0.717, 1.165) is 18.5 Å². The molecule has 0 aromatic heterocycles. The molecule has 0 aliphatic rings. The van der Waals surface area contributed by atoms with Crippen LogP contribution in [-0.4, -0.2) is 31.6 Å². The van der Waals surface area contributed by atoms with Gasteiger partial charge in [0.15, 0.2) is 0 Å². The van der Waals surface area contributed by atoms with Crippen molar-refractivity contribution in [3.8, 4) is 0 Å². The van der Waals surface area contributed by atoms with Gasteiger partial charge in [0, 0.05) is 12.6 Å². The van der Waals surface area contributed by atoms with Crippen LogP contribution in [0.1, 0.15) is 18.9 Å². The van der Waals surface area contributed by atoms with Gasteiger partial charge in [-0.1, -0.05) is 12.1 Å². The summed E-state index contributed by atoms with van der Waals surface area (Å²) in [5.41, 5.74) is 0.960. The molecular formula is C13H20BrFN2. The highest BCUT2D eigenvalue weighted by molar-refractivity contribution is 9.10. The van der Waals surface area contributed by atoms with Crippen LogP contribution in [0, 0.1) is 5.82 Å². The van der Waals surface area contributed by atoms with Gasteiger partial charge < -0.3 is 10.2 Å². The number of nitrogens with zero attached hydrogens (tertiary/aromatic N) is 1. The monoisotopic (exact) mass is 302 g/mol. The van der Waals surface area contributed by atoms with E-state index in [2.05, 4.69) is 47.2 Å². The first kappa shape index (κ1) is 14.6. The molecule has 0 saturated heterocycles. The summed E-state index contributed by atoms with van der Waals surface area (Å²) in [6, 6.07) is 5.55. The van der Waals surface area contributed by atoms with E-state index < -0.39 is 0 Å². The molecule has 4 heteroatoms. The van der Waals surface area contributed by atoms with Crippen molar-refractivity contribution < 1.29 is 4.39 Å². The van der Waals surface area contributed by atoms with Crippen molar-refractivity contribution >= 4 is 15.9 Å². The van der Waals surface area contributed by atoms with Gasteiger partial charge in [0.2, 0.25) is 0 Å². The van der Waals surface area contributed by atoms with Crippen molar-refractivity contribution in [2.24, 2.45) is 0 Å². The van der Waals surface area contributed by atoms with Crippen LogP contribution in [0.25, 0.3) is 0 Å². The molecule has 0 saturated carbocycles. The first-order valence-corrected chi connectivity index (χ1v) is 6.61. The molecule has 1 rings (SSSR count). The van der Waals surface area contributed by atoms with Gasteiger partial charge in [0.25, 0.3) is 0 Å². The second kappa shape index (κ2) is 7.09. The highest BCUT2D eigenvalue weighted by atomic mass is 79.9. The molecule has 17 heavy (non-hydrogen) atoms. The Labute approximate surface area is 111 Å². The number of hydrogen-bond donors (Lipinski definition) is 1. The second-order valence-corrected chi connectivity index (χ2v) is 5.38. The van der Waals surface area contributed by atoms with Gasteiger partial charge in [-0.15, -0.1) is 0 Å². The number of hydrogen-bond acceptors (Lipinski definition) is 2. The summed E-state index contributed by atoms with van der Waals surface area (Å²) in [6.07, 6.45) is 1.08. The summed E-state index contributed by atoms with van der Waals surface area (Å²) < 4.78 is 13.8. The molecule has 96 valence electrons. The van der Waals surface area contributed by atoms with E-state index >= 15 is 0 Å². The standard InChI is InChI=1S/C13H20BrFN2/c1-10(7-8-17(2)3)16-9-11-5-4-6-12(15)13(11)14/h4-6,10,16H,7-9H2,1-3H3. The van der Waals surface area contributed by atoms with E-state index in [9.17, 15) is 4.39 Å². The SMILES string of the molecule is CC(CCN(C)C)NCc1cccc(F)c1Br. The highest BCUT2D eigenvalue weighted by Crippen LogP contribution is 2.20. The number of halogens is 2. The van der Waals surface area contributed by atoms with Gasteiger partial charge in [-0.05, 0) is 61.5 Å². The Morgan fingerprint density at radius 2 is 2.12 bits per heavy atom. The van der Waals surface area contributed by atoms with Gasteiger partial charge in [-0.2, -0.15) is 0 Å². The van der Waals surface area contributed by atoms with E-state index in [4.69, 9.17) is 0 Å². The average molecular weight is 303 g/mol. The van der Waals surface area contributed by atoms with Crippen LogP contribution in [0.3, 0.4) is 0 Å². The minimum atomic E-state index is -0.203. The topological polar surface area (TPSA) is 15.3 Å². The Balaban J connectivity index is 2.42. The molecule has 0 aliphatic heterocycles. The minimum Gasteiger partial charge on any atom is -0.310 e. The summed E-state index contributed by atoms with van der Waals surface area (Å²) >= 11 is 3.27. The molecule has 1 aromatic carbocycles. The smallest absolute Gasteiger partial charge is 0.137 e. The lowest BCUT2D eigenvalue weighted by Gasteiger charge is -2.17. The zero-order chi connectivity index (χ0) is 12.8. The maximum Gasteiger partial charge on any atom is 0.137 e. The largest absolute Gasteiger partial charge is 0.310 e. The normalized spacial score (nSPS) is 13.1. The van der Waals surface area contributed by atoms with E-state index in [1.165, 1.54) is 6.07 Å². The van der Waals surface area contributed by atoms with Crippen molar-refractivity contribution in [3.63, 3.8) is 0 Å². The minimum absolute atomic E-state index is 0.203. The summed E-state index contributed by atoms with van der Waals surface area (Å²) in [6.45, 7) is 3.89. The van der Waals surface area contributed by atoms with Crippen LogP contribution < -0.4 is 5.32 Å². The summed E-state index contributed by atoms with van der Waals surface area (Å²) in [7, 11) is 4.13. The molecule has 0 aliphatic carbocycles. The fourth-order valence-corrected chi connectivity index (χ4v) is 1.93. The average Bonchev–Trinajstić information content (AvgIpc) is 2.28. The Hall–Kier alpha value is -0.450. The maximum absolute atomic E-state index is 13.3. The van der Waals surface area contributed by atoms with E-state index in [1.807, 2.05) is 6.07 Å². The summed E-state index contributed by atoms with van der Waals surface area (Å²) in [5, 5.41) is 3.40. The first-order chi connectivity index (χ1) is 8.00. The Bertz CT molecular complexity index is 355. The molecule has 0 radical (unpaired) electrons. The molecule has 0 spiro atoms. The third-order valence-electron chi connectivity index (χ3n) is 2.68. The molecule has 0 heterocycles. The lowest BCUT2D eigenvalue weighted by Crippen LogP contribution is -2.29. The molecular weight excluding hydrogens is 283 g/mol. The molecule has 1 unspecified atom stereocenters. The molecule has 2 nitrogen and oxygen atoms in total. The van der Waals surface area contributed by atoms with E-state index in [1.54, 1.807) is 6.07 Å². The zero-order valence-electron chi connectivity index (χ0n) is 10.6. The van der Waals surface area contributed by atoms with Gasteiger partial charge in [-0.3, -0.25) is 0 Å². The van der Waals surface area contributed by atoms with Gasteiger partial charge >= 0.3 is 0 Å². The van der Waals surface area contributed by atoms with Crippen molar-refractivity contribution in [1.82, 2.24) is 10.2 Å². The molecule has 0 bridgehead atoms. The van der Waals surface area contributed by atoms with Crippen LogP contribution in [0.15, 0.2) is 22.7 Å². The lowest BCUT2D eigenvalue weighted by molar-refractivity contribution is 0.365. The van der Waals surface area contributed by atoms with Crippen molar-refractivity contribution in [2.75, 3.05) is 20.6 Å². The van der Waals surface area contributed by atoms with Crippen LogP contribution in [-0.2, 0) is 6.54 Å². The quantitative estimate of drug-likeness (QED) is 0.869. The summed E-state index contributed by atoms with van der Waals surface area (Å²) in [5.74, 6) is -0.203. The van der Waals surface area contributed by atoms with Crippen molar-refractivity contribution in [3.05, 3.63) is 34.1 Å². The van der Waals surface area contributed by atoms with Crippen molar-refractivity contribution in [1.29, 1.82) is 0 Å². The molecule has 0 amide bonds. The van der Waals surface area contributed by atoms with Gasteiger partial charge in [0.05, 0.1) is 4.47 Å². The van der Waals surface area contributed by atoms with Crippen LogP contribution in [0.4, 0.5) is 4.39 Å². The Morgan fingerprint density at radius 1 is 1.41 bits per heavy atom. The maximum atomic E-state index is 13.3. The first-order valence-electron chi connectivity index (χ1n) is 5.81. The lowest BCUT2D eigenvalue weighted by atomic mass is 10.2. The molecule has 1 aromatic rings. The third kappa shape index (κ3) is 5.15. The fourth-order valence-electron chi connectivity index (χ4n) is 1.52. The van der Waals surface area contributed by atoms with Crippen LogP contribution >= 0.6 is 15.9 Å². The summed E-state index contributed by atoms with van der Waals surface area (Å²) in [4.78, 5) is 2.16. The number of benzene rings is 1. The fraction of sp³-hybridized carbons (Fsp3) is 0.538. The molecule has 0 fully saturated rings. The van der Waals surface area contributed by atoms with E-state index in [-0.39, 0.29) is 5.82 Å². The zero-order valence-corrected chi connectivity index (χ0v) is 12.2. The van der Waals surface area contributed by atoms with Crippen LogP contribution in [0.5, 0.6) is 0 Å². The predicted octanol–water partition coefficient (Wildman–Crippen LogP) is 3.02. The van der Waals surface area contributed by atoms with Gasteiger partial charge in [-0.25, -0.2) is 4.39 Å².